The molecule has 8 heavy (non-hydrogen) atoms. The number of nitrogens with zero attached hydrogens (tertiary/aromatic N) is 1. The van der Waals surface area contributed by atoms with E-state index in [4.69, 9.17) is 0 Å². The lowest BCUT2D eigenvalue weighted by Crippen LogP contribution is -2.29. The van der Waals surface area contributed by atoms with Crippen LogP contribution in [0.4, 0.5) is 0 Å². The quantitative estimate of drug-likeness (QED) is 0.388. The van der Waals surface area contributed by atoms with Crippen LogP contribution in [0.25, 0.3) is 0 Å². The predicted octanol–water partition coefficient (Wildman–Crippen LogP) is -0.679. The fourth-order valence-corrected chi connectivity index (χ4v) is 0.525. The first-order valence-electron chi connectivity index (χ1n) is 2.83. The summed E-state index contributed by atoms with van der Waals surface area (Å²) in [6.07, 6.45) is 0.899. The highest BCUT2D eigenvalue weighted by molar-refractivity contribution is 6.08. The molecule has 1 atom stereocenters. The fraction of sp³-hybridized carbons (Fsp3) is 1.00. The van der Waals surface area contributed by atoms with Crippen molar-refractivity contribution in [3.05, 3.63) is 4.91 Å². The molecular weight excluding hydrogens is 103 g/mol. The highest BCUT2D eigenvalue weighted by Crippen LogP contribution is 1.78. The van der Waals surface area contributed by atoms with Crippen LogP contribution in [-0.2, 0) is 0 Å². The summed E-state index contributed by atoms with van der Waals surface area (Å²) in [4.78, 5) is 9.60. The lowest BCUT2D eigenvalue weighted by Gasteiger charge is -2.04. The van der Waals surface area contributed by atoms with Crippen molar-refractivity contribution < 1.29 is 0 Å². The number of rotatable bonds is 4. The van der Waals surface area contributed by atoms with Gasteiger partial charge in [-0.3, -0.25) is 0 Å². The Morgan fingerprint density at radius 2 is 2.50 bits per heavy atom. The van der Waals surface area contributed by atoms with Crippen LogP contribution in [0, 0.1) is 4.91 Å². The van der Waals surface area contributed by atoms with Gasteiger partial charge in [-0.15, -0.1) is 0 Å². The van der Waals surface area contributed by atoms with Gasteiger partial charge in [-0.25, -0.2) is 0 Å². The molecule has 0 bridgehead atoms. The van der Waals surface area contributed by atoms with Crippen LogP contribution < -0.4 is 5.32 Å². The molecule has 0 fully saturated rings. The molecule has 0 heterocycles. The minimum absolute atomic E-state index is 0.234. The standard InChI is InChI=1S/C4H11BN2O/c1-4(2-7-8)6-3-5/h4,6H,2-3,5H2,1H3. The lowest BCUT2D eigenvalue weighted by atomic mass is 10.1. The van der Waals surface area contributed by atoms with Gasteiger partial charge >= 0.3 is 0 Å². The van der Waals surface area contributed by atoms with Gasteiger partial charge in [-0.05, 0) is 13.4 Å². The number of hydrogen-bond donors (Lipinski definition) is 1. The highest BCUT2D eigenvalue weighted by atomic mass is 16.3. The molecule has 0 saturated carbocycles. The van der Waals surface area contributed by atoms with Crippen molar-refractivity contribution >= 4 is 7.85 Å². The second kappa shape index (κ2) is 4.78. The van der Waals surface area contributed by atoms with Crippen molar-refractivity contribution in [3.63, 3.8) is 0 Å². The van der Waals surface area contributed by atoms with Crippen molar-refractivity contribution in [2.75, 3.05) is 13.0 Å². The Morgan fingerprint density at radius 1 is 1.88 bits per heavy atom. The summed E-state index contributed by atoms with van der Waals surface area (Å²) in [5.41, 5.74) is 0. The third kappa shape index (κ3) is 3.80. The summed E-state index contributed by atoms with van der Waals surface area (Å²) in [7, 11) is 2.00. The van der Waals surface area contributed by atoms with E-state index in [1.54, 1.807) is 0 Å². The van der Waals surface area contributed by atoms with Crippen molar-refractivity contribution in [1.82, 2.24) is 5.32 Å². The molecule has 0 amide bonds. The largest absolute Gasteiger partial charge is 0.320 e. The van der Waals surface area contributed by atoms with E-state index in [2.05, 4.69) is 10.5 Å². The summed E-state index contributed by atoms with van der Waals surface area (Å²) in [5.74, 6) is 0. The molecule has 0 aromatic rings. The van der Waals surface area contributed by atoms with Gasteiger partial charge in [0.2, 0.25) is 0 Å². The zero-order valence-electron chi connectivity index (χ0n) is 5.35. The fourth-order valence-electron chi connectivity index (χ4n) is 0.525. The minimum Gasteiger partial charge on any atom is -0.320 e. The molecule has 0 saturated heterocycles. The van der Waals surface area contributed by atoms with Crippen molar-refractivity contribution in [2.45, 2.75) is 13.0 Å². The van der Waals surface area contributed by atoms with E-state index in [-0.39, 0.29) is 6.04 Å². The third-order valence-electron chi connectivity index (χ3n) is 0.901. The average Bonchev–Trinajstić information content (AvgIpc) is 1.68. The topological polar surface area (TPSA) is 41.5 Å². The Labute approximate surface area is 50.2 Å². The monoisotopic (exact) mass is 114 g/mol. The first-order chi connectivity index (χ1) is 3.81. The summed E-state index contributed by atoms with van der Waals surface area (Å²) >= 11 is 0. The minimum atomic E-state index is 0.234. The first-order valence-corrected chi connectivity index (χ1v) is 2.83. The van der Waals surface area contributed by atoms with E-state index in [9.17, 15) is 4.91 Å². The van der Waals surface area contributed by atoms with Gasteiger partial charge in [-0.2, -0.15) is 4.91 Å². The van der Waals surface area contributed by atoms with E-state index in [1.807, 2.05) is 14.8 Å². The van der Waals surface area contributed by atoms with Gasteiger partial charge in [0.1, 0.15) is 7.85 Å². The maximum atomic E-state index is 9.60. The summed E-state index contributed by atoms with van der Waals surface area (Å²) < 4.78 is 0. The van der Waals surface area contributed by atoms with Gasteiger partial charge in [0.05, 0.1) is 6.54 Å². The van der Waals surface area contributed by atoms with Crippen molar-refractivity contribution in [3.8, 4) is 0 Å². The SMILES string of the molecule is BCNC(C)CN=O. The number of nitrogens with one attached hydrogen (secondary N) is 1. The Kier molecular flexibility index (Phi) is 4.55. The number of nitroso groups, excluding NO2 is 1. The molecule has 0 radical (unpaired) electrons. The van der Waals surface area contributed by atoms with Crippen LogP contribution in [0.15, 0.2) is 5.18 Å². The lowest BCUT2D eigenvalue weighted by molar-refractivity contribution is 0.607. The molecule has 0 aromatic carbocycles. The molecule has 1 unspecified atom stereocenters. The zero-order chi connectivity index (χ0) is 6.41. The van der Waals surface area contributed by atoms with Crippen LogP contribution in [0.2, 0.25) is 0 Å². The van der Waals surface area contributed by atoms with E-state index in [0.717, 1.165) is 6.44 Å². The normalized spacial score (nSPS) is 13.1. The van der Waals surface area contributed by atoms with Crippen LogP contribution in [-0.4, -0.2) is 26.9 Å². The van der Waals surface area contributed by atoms with Crippen LogP contribution >= 0.6 is 0 Å². The van der Waals surface area contributed by atoms with Crippen LogP contribution in [0.5, 0.6) is 0 Å². The molecule has 1 N–H and O–H groups in total. The first kappa shape index (κ1) is 7.62. The second-order valence-corrected chi connectivity index (χ2v) is 1.77. The molecule has 0 aromatic heterocycles. The molecule has 0 aliphatic heterocycles. The summed E-state index contributed by atoms with van der Waals surface area (Å²) in [5, 5.41) is 5.79. The predicted molar refractivity (Wildman–Crippen MR) is 36.7 cm³/mol. The van der Waals surface area contributed by atoms with Gasteiger partial charge < -0.3 is 5.32 Å². The Hall–Kier alpha value is -0.375. The van der Waals surface area contributed by atoms with E-state index < -0.39 is 0 Å². The molecule has 4 heteroatoms. The van der Waals surface area contributed by atoms with Gasteiger partial charge in [-0.1, -0.05) is 5.18 Å². The third-order valence-corrected chi connectivity index (χ3v) is 0.901. The molecular formula is C4H11BN2O. The Balaban J connectivity index is 3.03. The molecule has 0 aliphatic carbocycles. The zero-order valence-corrected chi connectivity index (χ0v) is 5.35. The van der Waals surface area contributed by atoms with E-state index in [1.165, 1.54) is 0 Å². The van der Waals surface area contributed by atoms with Gasteiger partial charge in [0.25, 0.3) is 0 Å². The summed E-state index contributed by atoms with van der Waals surface area (Å²) in [6.45, 7) is 2.30. The number of hydrogen-bond acceptors (Lipinski definition) is 3. The molecule has 0 spiro atoms. The molecule has 0 aliphatic rings. The second-order valence-electron chi connectivity index (χ2n) is 1.77. The summed E-state index contributed by atoms with van der Waals surface area (Å²) in [6, 6.07) is 0.234. The maximum Gasteiger partial charge on any atom is 0.119 e. The molecule has 46 valence electrons. The van der Waals surface area contributed by atoms with Crippen LogP contribution in [0.3, 0.4) is 0 Å². The Bertz CT molecular complexity index is 69.1. The van der Waals surface area contributed by atoms with Crippen molar-refractivity contribution in [1.29, 1.82) is 0 Å². The average molecular weight is 114 g/mol. The Morgan fingerprint density at radius 3 is 2.88 bits per heavy atom. The van der Waals surface area contributed by atoms with Crippen molar-refractivity contribution in [2.24, 2.45) is 5.18 Å². The maximum absolute atomic E-state index is 9.60. The van der Waals surface area contributed by atoms with Gasteiger partial charge in [0, 0.05) is 6.04 Å². The van der Waals surface area contributed by atoms with E-state index in [0.29, 0.717) is 6.54 Å². The molecule has 0 rings (SSSR count). The highest BCUT2D eigenvalue weighted by Gasteiger charge is 1.95. The smallest absolute Gasteiger partial charge is 0.119 e. The molecule has 3 nitrogen and oxygen atoms in total. The van der Waals surface area contributed by atoms with E-state index >= 15 is 0 Å². The van der Waals surface area contributed by atoms with Crippen LogP contribution in [0.1, 0.15) is 6.92 Å². The van der Waals surface area contributed by atoms with Gasteiger partial charge in [0.15, 0.2) is 0 Å².